The molecule has 0 saturated carbocycles. The van der Waals surface area contributed by atoms with E-state index in [2.05, 4.69) is 21.2 Å². The van der Waals surface area contributed by atoms with Crippen LogP contribution in [0.2, 0.25) is 0 Å². The van der Waals surface area contributed by atoms with Gasteiger partial charge in [0.25, 0.3) is 0 Å². The number of hydrogen-bond donors (Lipinski definition) is 2. The second-order valence-electron chi connectivity index (χ2n) is 5.76. The predicted octanol–water partition coefficient (Wildman–Crippen LogP) is 2.64. The summed E-state index contributed by atoms with van der Waals surface area (Å²) in [5.74, 6) is 0.662. The van der Waals surface area contributed by atoms with Crippen molar-refractivity contribution in [2.24, 2.45) is 11.7 Å². The van der Waals surface area contributed by atoms with Crippen LogP contribution in [0.3, 0.4) is 0 Å². The third-order valence-corrected chi connectivity index (χ3v) is 4.22. The summed E-state index contributed by atoms with van der Waals surface area (Å²) in [5, 5.41) is 2.57. The first-order chi connectivity index (χ1) is 12.3. The van der Waals surface area contributed by atoms with Crippen LogP contribution in [0, 0.1) is 5.92 Å². The van der Waals surface area contributed by atoms with Crippen LogP contribution in [0.15, 0.2) is 16.6 Å². The fourth-order valence-corrected chi connectivity index (χ4v) is 2.46. The van der Waals surface area contributed by atoms with Crippen LogP contribution >= 0.6 is 28.3 Å². The van der Waals surface area contributed by atoms with E-state index in [0.717, 1.165) is 10.0 Å². The molecule has 0 aliphatic heterocycles. The lowest BCUT2D eigenvalue weighted by atomic mass is 10.1. The molecule has 10 heteroatoms. The molecular formula is C17H26BrClN2O6. The number of hydrogen-bond acceptors (Lipinski definition) is 7. The molecule has 0 spiro atoms. The van der Waals surface area contributed by atoms with Crippen LogP contribution in [0.4, 0.5) is 4.79 Å². The van der Waals surface area contributed by atoms with Crippen molar-refractivity contribution in [2.45, 2.75) is 26.3 Å². The predicted molar refractivity (Wildman–Crippen MR) is 106 cm³/mol. The second-order valence-corrected chi connectivity index (χ2v) is 6.61. The number of alkyl carbamates (subject to hydrolysis) is 1. The van der Waals surface area contributed by atoms with Gasteiger partial charge in [-0.05, 0) is 46.0 Å². The summed E-state index contributed by atoms with van der Waals surface area (Å²) in [6.07, 6.45) is -0.195. The number of nitrogens with one attached hydrogen (secondary N) is 1. The molecule has 1 aromatic rings. The average Bonchev–Trinajstić information content (AvgIpc) is 2.61. The van der Waals surface area contributed by atoms with E-state index in [1.165, 1.54) is 0 Å². The summed E-state index contributed by atoms with van der Waals surface area (Å²) in [4.78, 5) is 23.2. The number of rotatable bonds is 9. The zero-order chi connectivity index (χ0) is 19.7. The smallest absolute Gasteiger partial charge is 0.410 e. The van der Waals surface area contributed by atoms with Crippen molar-refractivity contribution in [3.05, 3.63) is 22.2 Å². The van der Waals surface area contributed by atoms with Crippen molar-refractivity contribution in [3.8, 4) is 11.5 Å². The summed E-state index contributed by atoms with van der Waals surface area (Å²) in [5.41, 5.74) is 6.49. The molecule has 154 valence electrons. The Balaban J connectivity index is 0.00000676. The Bertz CT molecular complexity index is 630. The largest absolute Gasteiger partial charge is 0.496 e. The molecule has 8 nitrogen and oxygen atoms in total. The number of esters is 1. The fraction of sp³-hybridized carbons (Fsp3) is 0.529. The van der Waals surface area contributed by atoms with E-state index >= 15 is 0 Å². The van der Waals surface area contributed by atoms with E-state index in [1.54, 1.807) is 34.1 Å². The van der Waals surface area contributed by atoms with Crippen molar-refractivity contribution in [1.82, 2.24) is 5.32 Å². The molecule has 1 rings (SSSR count). The van der Waals surface area contributed by atoms with Gasteiger partial charge < -0.3 is 30.0 Å². The summed E-state index contributed by atoms with van der Waals surface area (Å²) >= 11 is 3.39. The molecule has 1 aromatic carbocycles. The van der Waals surface area contributed by atoms with E-state index in [0.29, 0.717) is 24.5 Å². The molecule has 0 heterocycles. The minimum Gasteiger partial charge on any atom is -0.496 e. The Morgan fingerprint density at radius 3 is 2.33 bits per heavy atom. The van der Waals surface area contributed by atoms with E-state index in [1.807, 2.05) is 6.07 Å². The second kappa shape index (κ2) is 12.6. The van der Waals surface area contributed by atoms with Crippen molar-refractivity contribution in [3.63, 3.8) is 0 Å². The molecule has 0 saturated heterocycles. The highest BCUT2D eigenvalue weighted by molar-refractivity contribution is 9.10. The topological polar surface area (TPSA) is 109 Å². The summed E-state index contributed by atoms with van der Waals surface area (Å²) in [6.45, 7) is 3.41. The Kier molecular flexibility index (Phi) is 11.8. The van der Waals surface area contributed by atoms with Crippen LogP contribution in [0.5, 0.6) is 11.5 Å². The van der Waals surface area contributed by atoms with Gasteiger partial charge in [-0.15, -0.1) is 12.4 Å². The van der Waals surface area contributed by atoms with Gasteiger partial charge in [0.2, 0.25) is 6.79 Å². The standard InChI is InChI=1S/C17H25BrN2O6.ClH/c1-10(2)15(19)16(21)25-9-26-17(22)20-6-5-11-7-14(24-4)12(18)8-13(11)23-3;/h7-8,10,15H,5-6,9,19H2,1-4H3,(H,20,22);1H/t15-;/m0./s1. The van der Waals surface area contributed by atoms with Crippen molar-refractivity contribution in [1.29, 1.82) is 0 Å². The first kappa shape index (κ1) is 25.3. The molecular weight excluding hydrogens is 444 g/mol. The quantitative estimate of drug-likeness (QED) is 0.423. The van der Waals surface area contributed by atoms with Gasteiger partial charge in [-0.1, -0.05) is 13.8 Å². The maximum absolute atomic E-state index is 11.6. The fourth-order valence-electron chi connectivity index (χ4n) is 1.98. The Morgan fingerprint density at radius 1 is 1.15 bits per heavy atom. The highest BCUT2D eigenvalue weighted by atomic mass is 79.9. The Labute approximate surface area is 173 Å². The maximum atomic E-state index is 11.6. The number of nitrogens with two attached hydrogens (primary N) is 1. The molecule has 3 N–H and O–H groups in total. The number of benzene rings is 1. The van der Waals surface area contributed by atoms with Crippen LogP contribution in [-0.4, -0.2) is 45.7 Å². The molecule has 0 bridgehead atoms. The lowest BCUT2D eigenvalue weighted by molar-refractivity contribution is -0.154. The molecule has 0 aliphatic carbocycles. The van der Waals surface area contributed by atoms with Gasteiger partial charge in [0.15, 0.2) is 0 Å². The maximum Gasteiger partial charge on any atom is 0.410 e. The van der Waals surface area contributed by atoms with Crippen molar-refractivity contribution >= 4 is 40.4 Å². The van der Waals surface area contributed by atoms with Gasteiger partial charge in [0, 0.05) is 6.54 Å². The zero-order valence-electron chi connectivity index (χ0n) is 15.7. The highest BCUT2D eigenvalue weighted by Gasteiger charge is 2.19. The van der Waals surface area contributed by atoms with Gasteiger partial charge in [-0.25, -0.2) is 4.79 Å². The third-order valence-electron chi connectivity index (χ3n) is 3.60. The number of amides is 1. The first-order valence-corrected chi connectivity index (χ1v) is 8.82. The highest BCUT2D eigenvalue weighted by Crippen LogP contribution is 2.32. The summed E-state index contributed by atoms with van der Waals surface area (Å²) in [7, 11) is 3.13. The van der Waals surface area contributed by atoms with Crippen LogP contribution in [0.1, 0.15) is 19.4 Å². The minimum atomic E-state index is -0.749. The number of carbonyl (C=O) groups excluding carboxylic acids is 2. The first-order valence-electron chi connectivity index (χ1n) is 8.03. The molecule has 0 aromatic heterocycles. The lowest BCUT2D eigenvalue weighted by Crippen LogP contribution is -2.38. The van der Waals surface area contributed by atoms with Crippen LogP contribution < -0.4 is 20.5 Å². The van der Waals surface area contributed by atoms with Crippen LogP contribution in [0.25, 0.3) is 0 Å². The number of methoxy groups -OCH3 is 2. The molecule has 0 fully saturated rings. The monoisotopic (exact) mass is 468 g/mol. The number of ether oxygens (including phenoxy) is 4. The molecule has 1 atom stereocenters. The third kappa shape index (κ3) is 8.23. The number of carbonyl (C=O) groups is 2. The van der Waals surface area contributed by atoms with Crippen LogP contribution in [-0.2, 0) is 20.7 Å². The molecule has 0 radical (unpaired) electrons. The zero-order valence-corrected chi connectivity index (χ0v) is 18.1. The summed E-state index contributed by atoms with van der Waals surface area (Å²) < 4.78 is 20.9. The van der Waals surface area contributed by atoms with E-state index in [-0.39, 0.29) is 18.3 Å². The van der Waals surface area contributed by atoms with Crippen molar-refractivity contribution < 1.29 is 28.5 Å². The molecule has 27 heavy (non-hydrogen) atoms. The van der Waals surface area contributed by atoms with E-state index < -0.39 is 24.9 Å². The van der Waals surface area contributed by atoms with Gasteiger partial charge in [-0.3, -0.25) is 4.79 Å². The molecule has 0 unspecified atom stereocenters. The lowest BCUT2D eigenvalue weighted by Gasteiger charge is -2.15. The van der Waals surface area contributed by atoms with E-state index in [9.17, 15) is 9.59 Å². The Morgan fingerprint density at radius 2 is 1.78 bits per heavy atom. The SMILES string of the molecule is COc1cc(CCNC(=O)OCOC(=O)[C@@H](N)C(C)C)c(OC)cc1Br.Cl. The normalized spacial score (nSPS) is 11.2. The van der Waals surface area contributed by atoms with Crippen molar-refractivity contribution in [2.75, 3.05) is 27.6 Å². The molecule has 1 amide bonds. The van der Waals surface area contributed by atoms with Gasteiger partial charge >= 0.3 is 12.1 Å². The van der Waals surface area contributed by atoms with Gasteiger partial charge in [-0.2, -0.15) is 0 Å². The minimum absolute atomic E-state index is 0. The molecule has 0 aliphatic rings. The summed E-state index contributed by atoms with van der Waals surface area (Å²) in [6, 6.07) is 2.87. The number of halogens is 2. The Hall–Kier alpha value is -1.71. The average molecular weight is 470 g/mol. The van der Waals surface area contributed by atoms with Gasteiger partial charge in [0.05, 0.1) is 18.7 Å². The van der Waals surface area contributed by atoms with Gasteiger partial charge in [0.1, 0.15) is 17.5 Å². The van der Waals surface area contributed by atoms with E-state index in [4.69, 9.17) is 24.7 Å².